The van der Waals surface area contributed by atoms with Crippen LogP contribution in [0.4, 0.5) is 0 Å². The fourth-order valence-electron chi connectivity index (χ4n) is 5.73. The Morgan fingerprint density at radius 3 is 1.62 bits per heavy atom. The zero-order valence-electron chi connectivity index (χ0n) is 18.7. The van der Waals surface area contributed by atoms with E-state index in [4.69, 9.17) is 0 Å². The van der Waals surface area contributed by atoms with Crippen LogP contribution in [0.2, 0.25) is 0 Å². The molecule has 0 atom stereocenters. The molecule has 2 fully saturated rings. The Kier molecular flexibility index (Phi) is 6.09. The number of carbonyl (C=O) groups excluding carboxylic acids is 1. The normalized spacial score (nSPS) is 18.7. The van der Waals surface area contributed by atoms with Crippen LogP contribution in [0.15, 0.2) is 91.0 Å². The number of nitrogens with zero attached hydrogens (tertiary/aromatic N) is 2. The quantitative estimate of drug-likeness (QED) is 0.545. The lowest BCUT2D eigenvalue weighted by Crippen LogP contribution is -2.54. The highest BCUT2D eigenvalue weighted by Crippen LogP contribution is 2.43. The van der Waals surface area contributed by atoms with Crippen LogP contribution in [-0.2, 0) is 10.2 Å². The average Bonchev–Trinajstić information content (AvgIpc) is 3.37. The van der Waals surface area contributed by atoms with Gasteiger partial charge in [0.1, 0.15) is 0 Å². The summed E-state index contributed by atoms with van der Waals surface area (Å²) in [5, 5.41) is 0. The van der Waals surface area contributed by atoms with E-state index < -0.39 is 0 Å². The number of amides is 1. The highest BCUT2D eigenvalue weighted by atomic mass is 16.2. The predicted octanol–water partition coefficient (Wildman–Crippen LogP) is 5.43. The van der Waals surface area contributed by atoms with Gasteiger partial charge in [-0.3, -0.25) is 9.69 Å². The van der Waals surface area contributed by atoms with E-state index in [0.717, 1.165) is 51.9 Å². The molecule has 0 N–H and O–H groups in total. The van der Waals surface area contributed by atoms with E-state index in [1.54, 1.807) is 0 Å². The first-order chi connectivity index (χ1) is 15.8. The molecule has 1 amide bonds. The Labute approximate surface area is 191 Å². The monoisotopic (exact) mass is 424 g/mol. The summed E-state index contributed by atoms with van der Waals surface area (Å²) in [6.07, 6.45) is 4.24. The molecule has 0 aromatic heterocycles. The zero-order chi connectivity index (χ0) is 21.8. The summed E-state index contributed by atoms with van der Waals surface area (Å²) in [5.41, 5.74) is 3.52. The highest BCUT2D eigenvalue weighted by Gasteiger charge is 2.45. The van der Waals surface area contributed by atoms with Crippen molar-refractivity contribution in [2.45, 2.75) is 37.1 Å². The van der Waals surface area contributed by atoms with Gasteiger partial charge in [0.25, 0.3) is 0 Å². The molecular formula is C29H32N2O. The molecule has 3 nitrogen and oxygen atoms in total. The van der Waals surface area contributed by atoms with Crippen molar-refractivity contribution in [3.8, 4) is 0 Å². The van der Waals surface area contributed by atoms with Crippen molar-refractivity contribution < 1.29 is 4.79 Å². The first-order valence-corrected chi connectivity index (χ1v) is 12.0. The van der Waals surface area contributed by atoms with Gasteiger partial charge in [-0.25, -0.2) is 0 Å². The SMILES string of the molecule is O=C(N1CCN(C(c2ccccc2)c2ccccc2)CC1)C1(c2ccccc2)CCCC1. The summed E-state index contributed by atoms with van der Waals surface area (Å²) in [6, 6.07) is 32.2. The van der Waals surface area contributed by atoms with Gasteiger partial charge < -0.3 is 4.90 Å². The van der Waals surface area contributed by atoms with Crippen LogP contribution in [0.1, 0.15) is 48.4 Å². The van der Waals surface area contributed by atoms with Crippen molar-refractivity contribution in [2.75, 3.05) is 26.2 Å². The summed E-state index contributed by atoms with van der Waals surface area (Å²) < 4.78 is 0. The lowest BCUT2D eigenvalue weighted by atomic mass is 9.77. The lowest BCUT2D eigenvalue weighted by Gasteiger charge is -2.42. The first-order valence-electron chi connectivity index (χ1n) is 12.0. The molecule has 0 radical (unpaired) electrons. The van der Waals surface area contributed by atoms with Crippen LogP contribution in [-0.4, -0.2) is 41.9 Å². The van der Waals surface area contributed by atoms with Crippen LogP contribution in [0.5, 0.6) is 0 Å². The number of rotatable bonds is 5. The minimum absolute atomic E-state index is 0.226. The summed E-state index contributed by atoms with van der Waals surface area (Å²) in [5.74, 6) is 0.344. The molecule has 3 aromatic carbocycles. The topological polar surface area (TPSA) is 23.6 Å². The summed E-state index contributed by atoms with van der Waals surface area (Å²) in [6.45, 7) is 3.38. The minimum atomic E-state index is -0.318. The molecule has 3 aromatic rings. The Bertz CT molecular complexity index is 965. The van der Waals surface area contributed by atoms with Gasteiger partial charge in [-0.2, -0.15) is 0 Å². The molecule has 0 spiro atoms. The lowest BCUT2D eigenvalue weighted by molar-refractivity contribution is -0.139. The molecule has 1 heterocycles. The van der Waals surface area contributed by atoms with Crippen LogP contribution in [0.3, 0.4) is 0 Å². The molecule has 1 saturated heterocycles. The number of carbonyl (C=O) groups is 1. The van der Waals surface area contributed by atoms with Crippen LogP contribution < -0.4 is 0 Å². The summed E-state index contributed by atoms with van der Waals surface area (Å²) >= 11 is 0. The molecule has 0 unspecified atom stereocenters. The van der Waals surface area contributed by atoms with Crippen LogP contribution in [0.25, 0.3) is 0 Å². The van der Waals surface area contributed by atoms with Crippen LogP contribution >= 0.6 is 0 Å². The molecule has 0 bridgehead atoms. The third-order valence-electron chi connectivity index (χ3n) is 7.39. The largest absolute Gasteiger partial charge is 0.339 e. The maximum Gasteiger partial charge on any atom is 0.233 e. The van der Waals surface area contributed by atoms with Crippen LogP contribution in [0, 0.1) is 0 Å². The molecule has 1 aliphatic heterocycles. The van der Waals surface area contributed by atoms with Gasteiger partial charge in [-0.15, -0.1) is 0 Å². The van der Waals surface area contributed by atoms with Crippen molar-refractivity contribution in [3.05, 3.63) is 108 Å². The molecule has 32 heavy (non-hydrogen) atoms. The van der Waals surface area contributed by atoms with Gasteiger partial charge >= 0.3 is 0 Å². The van der Waals surface area contributed by atoms with Gasteiger partial charge in [0.05, 0.1) is 11.5 Å². The van der Waals surface area contributed by atoms with E-state index >= 15 is 0 Å². The van der Waals surface area contributed by atoms with Gasteiger partial charge in [0.15, 0.2) is 0 Å². The van der Waals surface area contributed by atoms with E-state index in [9.17, 15) is 4.79 Å². The fraction of sp³-hybridized carbons (Fsp3) is 0.345. The van der Waals surface area contributed by atoms with Gasteiger partial charge in [-0.1, -0.05) is 104 Å². The van der Waals surface area contributed by atoms with E-state index in [2.05, 4.69) is 94.7 Å². The predicted molar refractivity (Wildman–Crippen MR) is 129 cm³/mol. The summed E-state index contributed by atoms with van der Waals surface area (Å²) in [4.78, 5) is 18.5. The first kappa shape index (κ1) is 21.0. The van der Waals surface area contributed by atoms with E-state index in [1.807, 2.05) is 6.07 Å². The van der Waals surface area contributed by atoms with Crippen molar-refractivity contribution in [1.82, 2.24) is 9.80 Å². The fourth-order valence-corrected chi connectivity index (χ4v) is 5.73. The van der Waals surface area contributed by atoms with Crippen molar-refractivity contribution in [2.24, 2.45) is 0 Å². The van der Waals surface area contributed by atoms with Gasteiger partial charge in [-0.05, 0) is 29.5 Å². The molecule has 164 valence electrons. The Hall–Kier alpha value is -2.91. The van der Waals surface area contributed by atoms with Crippen molar-refractivity contribution in [3.63, 3.8) is 0 Å². The molecule has 2 aliphatic rings. The Balaban J connectivity index is 1.35. The highest BCUT2D eigenvalue weighted by molar-refractivity contribution is 5.88. The van der Waals surface area contributed by atoms with Gasteiger partial charge in [0.2, 0.25) is 5.91 Å². The third-order valence-corrected chi connectivity index (χ3v) is 7.39. The molecule has 1 aliphatic carbocycles. The van der Waals surface area contributed by atoms with E-state index in [0.29, 0.717) is 5.91 Å². The maximum absolute atomic E-state index is 13.8. The number of benzene rings is 3. The number of hydrogen-bond donors (Lipinski definition) is 0. The Morgan fingerprint density at radius 1 is 0.656 bits per heavy atom. The maximum atomic E-state index is 13.8. The van der Waals surface area contributed by atoms with Crippen molar-refractivity contribution >= 4 is 5.91 Å². The minimum Gasteiger partial charge on any atom is -0.339 e. The van der Waals surface area contributed by atoms with Crippen molar-refractivity contribution in [1.29, 1.82) is 0 Å². The second-order valence-electron chi connectivity index (χ2n) is 9.21. The number of piperazine rings is 1. The Morgan fingerprint density at radius 2 is 1.12 bits per heavy atom. The third kappa shape index (κ3) is 3.98. The average molecular weight is 425 g/mol. The standard InChI is InChI=1S/C29H32N2O/c32-28(29(18-10-11-19-29)26-16-8-3-9-17-26)31-22-20-30(21-23-31)27(24-12-4-1-5-13-24)25-14-6-2-7-15-25/h1-9,12-17,27H,10-11,18-23H2. The summed E-state index contributed by atoms with van der Waals surface area (Å²) in [7, 11) is 0. The molecule has 5 rings (SSSR count). The zero-order valence-corrected chi connectivity index (χ0v) is 18.7. The van der Waals surface area contributed by atoms with E-state index in [1.165, 1.54) is 16.7 Å². The number of hydrogen-bond acceptors (Lipinski definition) is 2. The second-order valence-corrected chi connectivity index (χ2v) is 9.21. The second kappa shape index (κ2) is 9.30. The molecule has 1 saturated carbocycles. The smallest absolute Gasteiger partial charge is 0.233 e. The van der Waals surface area contributed by atoms with E-state index in [-0.39, 0.29) is 11.5 Å². The van der Waals surface area contributed by atoms with Gasteiger partial charge in [0, 0.05) is 26.2 Å². The molecule has 3 heteroatoms. The molecular weight excluding hydrogens is 392 g/mol.